The molecule has 1 aromatic rings. The van der Waals surface area contributed by atoms with Crippen LogP contribution in [-0.2, 0) is 9.53 Å². The number of methoxy groups -OCH3 is 1. The van der Waals surface area contributed by atoms with E-state index in [1.54, 1.807) is 27.0 Å². The number of unbranched alkanes of at least 4 members (excludes halogenated alkanes) is 1. The van der Waals surface area contributed by atoms with Crippen LogP contribution in [-0.4, -0.2) is 31.8 Å². The first kappa shape index (κ1) is 23.1. The Kier molecular flexibility index (Phi) is 8.37. The number of nitrogens with one attached hydrogen (secondary N) is 2. The molecule has 1 aromatic carbocycles. The van der Waals surface area contributed by atoms with E-state index in [0.717, 1.165) is 12.8 Å². The Labute approximate surface area is 180 Å². The molecular weight excluding hydrogens is 440 g/mol. The second kappa shape index (κ2) is 10.5. The van der Waals surface area contributed by atoms with E-state index < -0.39 is 12.0 Å². The largest absolute Gasteiger partial charge is 0.493 e. The highest BCUT2D eigenvalue weighted by atomic mass is 79.9. The zero-order valence-electron chi connectivity index (χ0n) is 17.6. The maximum Gasteiger partial charge on any atom is 0.338 e. The fourth-order valence-electron chi connectivity index (χ4n) is 3.13. The minimum absolute atomic E-state index is 0.276. The van der Waals surface area contributed by atoms with Crippen molar-refractivity contribution in [2.75, 3.05) is 13.7 Å². The van der Waals surface area contributed by atoms with Gasteiger partial charge >= 0.3 is 12.0 Å². The molecule has 1 atom stereocenters. The van der Waals surface area contributed by atoms with Crippen LogP contribution in [0.5, 0.6) is 11.5 Å². The number of amides is 2. The van der Waals surface area contributed by atoms with Crippen molar-refractivity contribution in [3.05, 3.63) is 33.4 Å². The van der Waals surface area contributed by atoms with E-state index in [1.165, 1.54) is 0 Å². The smallest absolute Gasteiger partial charge is 0.338 e. The van der Waals surface area contributed by atoms with Gasteiger partial charge in [-0.15, -0.1) is 0 Å². The minimum Gasteiger partial charge on any atom is -0.493 e. The van der Waals surface area contributed by atoms with Gasteiger partial charge in [0.1, 0.15) is 0 Å². The van der Waals surface area contributed by atoms with Crippen molar-refractivity contribution in [3.8, 4) is 11.5 Å². The predicted octanol–water partition coefficient (Wildman–Crippen LogP) is 4.61. The van der Waals surface area contributed by atoms with E-state index in [9.17, 15) is 9.59 Å². The van der Waals surface area contributed by atoms with Gasteiger partial charge in [-0.1, -0.05) is 13.3 Å². The number of allylic oxidation sites excluding steroid dienone is 1. The van der Waals surface area contributed by atoms with E-state index in [4.69, 9.17) is 14.2 Å². The number of hydrogen-bond acceptors (Lipinski definition) is 5. The molecule has 29 heavy (non-hydrogen) atoms. The zero-order valence-corrected chi connectivity index (χ0v) is 19.1. The van der Waals surface area contributed by atoms with E-state index in [2.05, 4.69) is 33.5 Å². The molecule has 0 bridgehead atoms. The third-order valence-electron chi connectivity index (χ3n) is 4.37. The van der Waals surface area contributed by atoms with Crippen molar-refractivity contribution in [1.82, 2.24) is 10.6 Å². The van der Waals surface area contributed by atoms with Crippen molar-refractivity contribution in [2.24, 2.45) is 0 Å². The van der Waals surface area contributed by atoms with Crippen LogP contribution in [0.2, 0.25) is 0 Å². The Hall–Kier alpha value is -2.22. The zero-order chi connectivity index (χ0) is 21.6. The van der Waals surface area contributed by atoms with Crippen molar-refractivity contribution in [2.45, 2.75) is 59.1 Å². The molecule has 2 N–H and O–H groups in total. The van der Waals surface area contributed by atoms with Crippen molar-refractivity contribution in [3.63, 3.8) is 0 Å². The highest BCUT2D eigenvalue weighted by molar-refractivity contribution is 9.10. The molecule has 0 spiro atoms. The summed E-state index contributed by atoms with van der Waals surface area (Å²) in [7, 11) is 1.55. The van der Waals surface area contributed by atoms with Crippen LogP contribution in [0.4, 0.5) is 4.79 Å². The van der Waals surface area contributed by atoms with Gasteiger partial charge in [0.2, 0.25) is 0 Å². The molecule has 0 saturated carbocycles. The van der Waals surface area contributed by atoms with Crippen LogP contribution >= 0.6 is 15.9 Å². The Morgan fingerprint density at radius 3 is 2.59 bits per heavy atom. The fraction of sp³-hybridized carbons (Fsp3) is 0.524. The van der Waals surface area contributed by atoms with Crippen molar-refractivity contribution < 1.29 is 23.8 Å². The summed E-state index contributed by atoms with van der Waals surface area (Å²) in [6, 6.07) is 2.57. The molecule has 1 heterocycles. The molecule has 0 aromatic heterocycles. The topological polar surface area (TPSA) is 85.9 Å². The molecule has 0 fully saturated rings. The van der Waals surface area contributed by atoms with E-state index in [-0.39, 0.29) is 12.1 Å². The Morgan fingerprint density at radius 1 is 1.28 bits per heavy atom. The summed E-state index contributed by atoms with van der Waals surface area (Å²) in [5, 5.41) is 5.64. The van der Waals surface area contributed by atoms with Gasteiger partial charge in [-0.3, -0.25) is 0 Å². The Bertz CT molecular complexity index is 792. The maximum atomic E-state index is 12.9. The summed E-state index contributed by atoms with van der Waals surface area (Å²) in [5.74, 6) is 0.628. The van der Waals surface area contributed by atoms with Gasteiger partial charge in [-0.05, 0) is 67.2 Å². The number of benzene rings is 1. The second-order valence-corrected chi connectivity index (χ2v) is 7.80. The van der Waals surface area contributed by atoms with Gasteiger partial charge in [-0.25, -0.2) is 9.59 Å². The second-order valence-electron chi connectivity index (χ2n) is 6.95. The van der Waals surface area contributed by atoms with Gasteiger partial charge < -0.3 is 24.8 Å². The summed E-state index contributed by atoms with van der Waals surface area (Å²) in [6.07, 6.45) is 2.09. The monoisotopic (exact) mass is 468 g/mol. The van der Waals surface area contributed by atoms with Crippen LogP contribution in [0.25, 0.3) is 0 Å². The number of carbonyl (C=O) groups is 2. The van der Waals surface area contributed by atoms with Gasteiger partial charge in [0.25, 0.3) is 0 Å². The van der Waals surface area contributed by atoms with Gasteiger partial charge in [-0.2, -0.15) is 0 Å². The third-order valence-corrected chi connectivity index (χ3v) is 4.96. The summed E-state index contributed by atoms with van der Waals surface area (Å²) in [6.45, 7) is 8.01. The van der Waals surface area contributed by atoms with E-state index in [1.807, 2.05) is 13.0 Å². The van der Waals surface area contributed by atoms with Crippen molar-refractivity contribution >= 4 is 27.9 Å². The molecule has 1 aliphatic rings. The van der Waals surface area contributed by atoms with Gasteiger partial charge in [0, 0.05) is 5.70 Å². The number of ether oxygens (including phenoxy) is 3. The van der Waals surface area contributed by atoms with Gasteiger partial charge in [0.05, 0.1) is 35.9 Å². The molecule has 2 amide bonds. The summed E-state index contributed by atoms with van der Waals surface area (Å²) < 4.78 is 17.3. The molecule has 7 nitrogen and oxygen atoms in total. The Morgan fingerprint density at radius 2 is 2.00 bits per heavy atom. The molecule has 8 heteroatoms. The van der Waals surface area contributed by atoms with E-state index in [0.29, 0.717) is 45.8 Å². The quantitative estimate of drug-likeness (QED) is 0.516. The average molecular weight is 469 g/mol. The highest BCUT2D eigenvalue weighted by Crippen LogP contribution is 2.40. The van der Waals surface area contributed by atoms with Crippen LogP contribution in [0, 0.1) is 0 Å². The van der Waals surface area contributed by atoms with Crippen molar-refractivity contribution in [1.29, 1.82) is 0 Å². The lowest BCUT2D eigenvalue weighted by molar-refractivity contribution is -0.143. The predicted molar refractivity (Wildman–Crippen MR) is 114 cm³/mol. The Balaban J connectivity index is 2.58. The molecule has 0 radical (unpaired) electrons. The summed E-state index contributed by atoms with van der Waals surface area (Å²) in [5.41, 5.74) is 1.69. The first-order valence-electron chi connectivity index (χ1n) is 9.84. The lowest BCUT2D eigenvalue weighted by Gasteiger charge is -2.30. The maximum absolute atomic E-state index is 12.9. The first-order valence-corrected chi connectivity index (χ1v) is 10.6. The summed E-state index contributed by atoms with van der Waals surface area (Å²) >= 11 is 3.51. The van der Waals surface area contributed by atoms with Crippen LogP contribution in [0.3, 0.4) is 0 Å². The molecular formula is C21H29BrN2O5. The standard InChI is InChI=1S/C21H29BrN2O5/c1-6-8-9-15-17(20(25)29-12(3)4)18(24-21(26)23-15)13-10-14(22)19(28-7-2)16(11-13)27-5/h10-12,18H,6-9H2,1-5H3,(H2,23,24,26). The number of urea groups is 1. The normalized spacial score (nSPS) is 16.4. The lowest BCUT2D eigenvalue weighted by Crippen LogP contribution is -2.46. The molecule has 1 unspecified atom stereocenters. The van der Waals surface area contributed by atoms with Crippen LogP contribution < -0.4 is 20.1 Å². The van der Waals surface area contributed by atoms with Gasteiger partial charge in [0.15, 0.2) is 11.5 Å². The molecule has 160 valence electrons. The van der Waals surface area contributed by atoms with Crippen LogP contribution in [0.15, 0.2) is 27.9 Å². The van der Waals surface area contributed by atoms with Crippen LogP contribution in [0.1, 0.15) is 58.6 Å². The number of halogens is 1. The SMILES string of the molecule is CCCCC1=C(C(=O)OC(C)C)C(c2cc(Br)c(OCC)c(OC)c2)NC(=O)N1. The third kappa shape index (κ3) is 5.65. The summed E-state index contributed by atoms with van der Waals surface area (Å²) in [4.78, 5) is 25.3. The molecule has 0 saturated heterocycles. The molecule has 2 rings (SSSR count). The average Bonchev–Trinajstić information content (AvgIpc) is 2.66. The minimum atomic E-state index is -0.664. The number of esters is 1. The van der Waals surface area contributed by atoms with E-state index >= 15 is 0 Å². The molecule has 0 aliphatic carbocycles. The number of hydrogen-bond donors (Lipinski definition) is 2. The number of rotatable bonds is 9. The highest BCUT2D eigenvalue weighted by Gasteiger charge is 2.34. The number of carbonyl (C=O) groups excluding carboxylic acids is 2. The fourth-order valence-corrected chi connectivity index (χ4v) is 3.70. The molecule has 1 aliphatic heterocycles. The first-order chi connectivity index (χ1) is 13.8. The lowest BCUT2D eigenvalue weighted by atomic mass is 9.93.